The normalized spacial score (nSPS) is 20.3. The molecule has 0 fully saturated rings. The van der Waals surface area contributed by atoms with Gasteiger partial charge in [0.1, 0.15) is 0 Å². The van der Waals surface area contributed by atoms with Crippen LogP contribution in [0.3, 0.4) is 0 Å². The molecule has 1 heterocycles. The Labute approximate surface area is 119 Å². The minimum Gasteiger partial charge on any atom is -0.378 e. The Kier molecular flexibility index (Phi) is 3.32. The Morgan fingerprint density at radius 1 is 1.30 bits per heavy atom. The fourth-order valence-corrected chi connectivity index (χ4v) is 3.35. The molecule has 2 rings (SSSR count). The van der Waals surface area contributed by atoms with E-state index in [2.05, 4.69) is 38.8 Å². The summed E-state index contributed by atoms with van der Waals surface area (Å²) in [6.07, 6.45) is 4.22. The van der Waals surface area contributed by atoms with E-state index < -0.39 is 4.92 Å². The third kappa shape index (κ3) is 2.98. The highest BCUT2D eigenvalue weighted by molar-refractivity contribution is 5.68. The molecular formula is C15H21N3O2. The highest BCUT2D eigenvalue weighted by atomic mass is 16.6. The molecule has 0 aromatic carbocycles. The molecule has 0 spiro atoms. The molecule has 0 saturated carbocycles. The highest BCUT2D eigenvalue weighted by Crippen LogP contribution is 2.47. The van der Waals surface area contributed by atoms with Crippen LogP contribution in [0.2, 0.25) is 0 Å². The largest absolute Gasteiger partial charge is 0.378 e. The van der Waals surface area contributed by atoms with E-state index in [0.717, 1.165) is 24.1 Å². The molecule has 0 aliphatic heterocycles. The highest BCUT2D eigenvalue weighted by Gasteiger charge is 2.34. The van der Waals surface area contributed by atoms with E-state index in [-0.39, 0.29) is 22.3 Å². The first-order valence-electron chi connectivity index (χ1n) is 6.73. The molecule has 2 N–H and O–H groups in total. The maximum absolute atomic E-state index is 10.8. The summed E-state index contributed by atoms with van der Waals surface area (Å²) >= 11 is 0. The Morgan fingerprint density at radius 3 is 2.45 bits per heavy atom. The molecule has 0 unspecified atom stereocenters. The molecule has 5 heteroatoms. The molecule has 20 heavy (non-hydrogen) atoms. The number of hydrogen-bond acceptors (Lipinski definition) is 4. The van der Waals surface area contributed by atoms with Gasteiger partial charge in [-0.3, -0.25) is 10.1 Å². The maximum atomic E-state index is 10.8. The Morgan fingerprint density at radius 2 is 1.95 bits per heavy atom. The van der Waals surface area contributed by atoms with E-state index in [1.807, 2.05) is 0 Å². The van der Waals surface area contributed by atoms with Gasteiger partial charge < -0.3 is 5.73 Å². The van der Waals surface area contributed by atoms with E-state index in [1.165, 1.54) is 6.07 Å². The maximum Gasteiger partial charge on any atom is 0.311 e. The van der Waals surface area contributed by atoms with Crippen LogP contribution in [-0.4, -0.2) is 9.91 Å². The van der Waals surface area contributed by atoms with Crippen molar-refractivity contribution in [1.29, 1.82) is 0 Å². The van der Waals surface area contributed by atoms with Gasteiger partial charge in [0.15, 0.2) is 0 Å². The van der Waals surface area contributed by atoms with Crippen molar-refractivity contribution in [2.75, 3.05) is 5.73 Å². The first-order chi connectivity index (χ1) is 9.10. The lowest BCUT2D eigenvalue weighted by Crippen LogP contribution is -2.27. The van der Waals surface area contributed by atoms with Crippen LogP contribution in [-0.2, 0) is 0 Å². The van der Waals surface area contributed by atoms with Crippen molar-refractivity contribution in [1.82, 2.24) is 4.98 Å². The predicted octanol–water partition coefficient (Wildman–Crippen LogP) is 3.80. The Balaban J connectivity index is 2.44. The van der Waals surface area contributed by atoms with Gasteiger partial charge in [0.25, 0.3) is 0 Å². The SMILES string of the molecule is CC1(C)C=C(c2ccc([N+](=O)[O-])c(N)n2)CC(C)(C)C1. The standard InChI is InChI=1S/C15H21N3O2/c1-14(2)7-10(8-15(3,4)9-14)11-5-6-12(18(19)20)13(16)17-11/h5-7H,8-9H2,1-4H3,(H2,16,17). The summed E-state index contributed by atoms with van der Waals surface area (Å²) in [7, 11) is 0. The molecule has 1 aromatic heterocycles. The third-order valence-electron chi connectivity index (χ3n) is 3.60. The van der Waals surface area contributed by atoms with Gasteiger partial charge in [0, 0.05) is 6.07 Å². The van der Waals surface area contributed by atoms with Crippen LogP contribution in [0.4, 0.5) is 11.5 Å². The smallest absolute Gasteiger partial charge is 0.311 e. The summed E-state index contributed by atoms with van der Waals surface area (Å²) in [6, 6.07) is 3.13. The molecule has 1 aromatic rings. The zero-order chi connectivity index (χ0) is 15.1. The van der Waals surface area contributed by atoms with Crippen molar-refractivity contribution in [2.24, 2.45) is 10.8 Å². The summed E-state index contributed by atoms with van der Waals surface area (Å²) in [5.41, 5.74) is 7.69. The van der Waals surface area contributed by atoms with Crippen molar-refractivity contribution in [2.45, 2.75) is 40.5 Å². The summed E-state index contributed by atoms with van der Waals surface area (Å²) in [5.74, 6) is -0.0189. The number of nitro groups is 1. The van der Waals surface area contributed by atoms with Gasteiger partial charge >= 0.3 is 5.69 Å². The average Bonchev–Trinajstić information content (AvgIpc) is 2.23. The van der Waals surface area contributed by atoms with Crippen LogP contribution in [0.5, 0.6) is 0 Å². The van der Waals surface area contributed by atoms with E-state index in [0.29, 0.717) is 0 Å². The molecule has 0 bridgehead atoms. The van der Waals surface area contributed by atoms with E-state index in [9.17, 15) is 10.1 Å². The van der Waals surface area contributed by atoms with Gasteiger partial charge in [-0.1, -0.05) is 33.8 Å². The average molecular weight is 275 g/mol. The first-order valence-corrected chi connectivity index (χ1v) is 6.73. The summed E-state index contributed by atoms with van der Waals surface area (Å²) in [4.78, 5) is 14.5. The van der Waals surface area contributed by atoms with Crippen molar-refractivity contribution in [3.63, 3.8) is 0 Å². The second kappa shape index (κ2) is 4.58. The fourth-order valence-electron chi connectivity index (χ4n) is 3.35. The van der Waals surface area contributed by atoms with Crippen molar-refractivity contribution in [3.8, 4) is 0 Å². The van der Waals surface area contributed by atoms with E-state index in [1.54, 1.807) is 6.07 Å². The van der Waals surface area contributed by atoms with Crippen molar-refractivity contribution >= 4 is 17.1 Å². The zero-order valence-electron chi connectivity index (χ0n) is 12.4. The molecule has 1 aliphatic rings. The van der Waals surface area contributed by atoms with Gasteiger partial charge in [-0.05, 0) is 35.3 Å². The molecule has 5 nitrogen and oxygen atoms in total. The van der Waals surface area contributed by atoms with Crippen molar-refractivity contribution < 1.29 is 4.92 Å². The quantitative estimate of drug-likeness (QED) is 0.657. The van der Waals surface area contributed by atoms with Gasteiger partial charge in [-0.15, -0.1) is 0 Å². The summed E-state index contributed by atoms with van der Waals surface area (Å²) < 4.78 is 0. The minimum atomic E-state index is -0.505. The van der Waals surface area contributed by atoms with Gasteiger partial charge in [0.2, 0.25) is 5.82 Å². The second-order valence-electron chi connectivity index (χ2n) is 7.03. The number of nitrogens with two attached hydrogens (primary N) is 1. The van der Waals surface area contributed by atoms with Gasteiger partial charge in [-0.2, -0.15) is 0 Å². The third-order valence-corrected chi connectivity index (χ3v) is 3.60. The van der Waals surface area contributed by atoms with E-state index >= 15 is 0 Å². The number of anilines is 1. The van der Waals surface area contributed by atoms with Crippen LogP contribution in [0.1, 0.15) is 46.2 Å². The molecule has 1 aliphatic carbocycles. The Bertz CT molecular complexity index is 589. The lowest BCUT2D eigenvalue weighted by molar-refractivity contribution is -0.384. The molecule has 0 amide bonds. The first kappa shape index (κ1) is 14.5. The zero-order valence-corrected chi connectivity index (χ0v) is 12.4. The lowest BCUT2D eigenvalue weighted by atomic mass is 9.66. The molecule has 0 atom stereocenters. The fraction of sp³-hybridized carbons (Fsp3) is 0.533. The number of nitrogen functional groups attached to an aromatic ring is 1. The number of rotatable bonds is 2. The monoisotopic (exact) mass is 275 g/mol. The molecule has 0 saturated heterocycles. The molecule has 0 radical (unpaired) electrons. The van der Waals surface area contributed by atoms with Gasteiger partial charge in [-0.25, -0.2) is 4.98 Å². The minimum absolute atomic E-state index is 0.0189. The molecular weight excluding hydrogens is 254 g/mol. The second-order valence-corrected chi connectivity index (χ2v) is 7.03. The number of allylic oxidation sites excluding steroid dienone is 2. The van der Waals surface area contributed by atoms with Gasteiger partial charge in [0.05, 0.1) is 10.6 Å². The Hall–Kier alpha value is -1.91. The number of pyridine rings is 1. The van der Waals surface area contributed by atoms with Crippen LogP contribution in [0, 0.1) is 20.9 Å². The summed E-state index contributed by atoms with van der Waals surface area (Å²) in [6.45, 7) is 8.86. The number of hydrogen-bond donors (Lipinski definition) is 1. The van der Waals surface area contributed by atoms with Crippen LogP contribution < -0.4 is 5.73 Å². The lowest BCUT2D eigenvalue weighted by Gasteiger charge is -2.39. The predicted molar refractivity (Wildman–Crippen MR) is 80.1 cm³/mol. The van der Waals surface area contributed by atoms with E-state index in [4.69, 9.17) is 5.73 Å². The van der Waals surface area contributed by atoms with Crippen LogP contribution in [0.15, 0.2) is 18.2 Å². The summed E-state index contributed by atoms with van der Waals surface area (Å²) in [5, 5.41) is 10.8. The topological polar surface area (TPSA) is 82.0 Å². The van der Waals surface area contributed by atoms with Crippen molar-refractivity contribution in [3.05, 3.63) is 34.0 Å². The number of nitrogens with zero attached hydrogens (tertiary/aromatic N) is 2. The van der Waals surface area contributed by atoms with Crippen LogP contribution in [0.25, 0.3) is 5.57 Å². The molecule has 108 valence electrons. The number of aromatic nitrogens is 1. The van der Waals surface area contributed by atoms with Crippen LogP contribution >= 0.6 is 0 Å².